The summed E-state index contributed by atoms with van der Waals surface area (Å²) in [7, 11) is 1.46. The molecule has 15 heavy (non-hydrogen) atoms. The van der Waals surface area contributed by atoms with Crippen LogP contribution in [0.4, 0.5) is 0 Å². The molecule has 0 aromatic carbocycles. The van der Waals surface area contributed by atoms with E-state index in [0.717, 1.165) is 0 Å². The Morgan fingerprint density at radius 1 is 1.40 bits per heavy atom. The number of hydrogen-bond acceptors (Lipinski definition) is 4. The number of rotatable bonds is 1. The molecule has 2 aromatic rings. The summed E-state index contributed by atoms with van der Waals surface area (Å²) < 4.78 is 24.1. The average molecular weight is 246 g/mol. The first-order valence-corrected chi connectivity index (χ1v) is 6.47. The Morgan fingerprint density at radius 3 is 2.60 bits per heavy atom. The van der Waals surface area contributed by atoms with Gasteiger partial charge >= 0.3 is 0 Å². The molecule has 0 aliphatic carbocycles. The highest BCUT2D eigenvalue weighted by Gasteiger charge is 2.20. The van der Waals surface area contributed by atoms with Gasteiger partial charge in [0.15, 0.2) is 5.03 Å². The Kier molecular flexibility index (Phi) is 2.20. The van der Waals surface area contributed by atoms with E-state index < -0.39 is 9.05 Å². The lowest BCUT2D eigenvalue weighted by atomic mass is 10.5. The van der Waals surface area contributed by atoms with Crippen molar-refractivity contribution in [2.75, 3.05) is 0 Å². The van der Waals surface area contributed by atoms with E-state index >= 15 is 0 Å². The van der Waals surface area contributed by atoms with E-state index in [0.29, 0.717) is 17.2 Å². The van der Waals surface area contributed by atoms with Crippen LogP contribution in [0.2, 0.25) is 0 Å². The SMILES string of the molecule is Cc1nccc2nc(S(=O)(=O)Cl)c(C)n12. The van der Waals surface area contributed by atoms with E-state index in [9.17, 15) is 8.42 Å². The lowest BCUT2D eigenvalue weighted by Crippen LogP contribution is -1.98. The van der Waals surface area contributed by atoms with Gasteiger partial charge < -0.3 is 0 Å². The Bertz CT molecular complexity index is 633. The van der Waals surface area contributed by atoms with Crippen molar-refractivity contribution >= 4 is 25.4 Å². The van der Waals surface area contributed by atoms with E-state index in [2.05, 4.69) is 9.97 Å². The second-order valence-corrected chi connectivity index (χ2v) is 5.61. The third-order valence-corrected chi connectivity index (χ3v) is 3.42. The molecule has 0 spiro atoms. The fourth-order valence-corrected chi connectivity index (χ4v) is 2.61. The molecule has 0 radical (unpaired) electrons. The molecule has 2 rings (SSSR count). The Morgan fingerprint density at radius 2 is 2.07 bits per heavy atom. The van der Waals surface area contributed by atoms with Crippen molar-refractivity contribution in [2.24, 2.45) is 0 Å². The maximum atomic E-state index is 11.2. The normalized spacial score (nSPS) is 12.2. The molecule has 5 nitrogen and oxygen atoms in total. The molecule has 80 valence electrons. The quantitative estimate of drug-likeness (QED) is 0.710. The summed E-state index contributed by atoms with van der Waals surface area (Å²) in [4.78, 5) is 8.00. The maximum Gasteiger partial charge on any atom is 0.280 e. The average Bonchev–Trinajstić information content (AvgIpc) is 2.44. The first-order chi connectivity index (χ1) is 6.91. The fourth-order valence-electron chi connectivity index (χ4n) is 1.52. The van der Waals surface area contributed by atoms with Crippen molar-refractivity contribution in [3.05, 3.63) is 23.8 Å². The predicted octanol–water partition coefficient (Wildman–Crippen LogP) is 1.27. The number of imidazole rings is 1. The summed E-state index contributed by atoms with van der Waals surface area (Å²) in [5.74, 6) is 0.670. The molecule has 0 bridgehead atoms. The Labute approximate surface area is 91.2 Å². The Hall–Kier alpha value is -1.14. The van der Waals surface area contributed by atoms with E-state index in [1.165, 1.54) is 0 Å². The number of fused-ring (bicyclic) bond motifs is 1. The summed E-state index contributed by atoms with van der Waals surface area (Å²) in [6, 6.07) is 1.63. The standard InChI is InChI=1S/C8H8ClN3O2S/c1-5-8(15(9,13)14)11-7-3-4-10-6(2)12(5)7/h3-4H,1-2H3. The molecule has 0 fully saturated rings. The lowest BCUT2D eigenvalue weighted by molar-refractivity contribution is 0.606. The first kappa shape index (κ1) is 10.4. The van der Waals surface area contributed by atoms with Gasteiger partial charge in [-0.3, -0.25) is 4.40 Å². The van der Waals surface area contributed by atoms with Gasteiger partial charge in [0.05, 0.1) is 5.69 Å². The van der Waals surface area contributed by atoms with Gasteiger partial charge in [-0.15, -0.1) is 0 Å². The molecule has 0 saturated carbocycles. The van der Waals surface area contributed by atoms with Gasteiger partial charge in [0.2, 0.25) is 0 Å². The number of halogens is 1. The summed E-state index contributed by atoms with van der Waals surface area (Å²) in [5.41, 5.74) is 1.00. The summed E-state index contributed by atoms with van der Waals surface area (Å²) in [6.45, 7) is 3.41. The second-order valence-electron chi connectivity index (χ2n) is 3.13. The molecule has 0 N–H and O–H groups in total. The zero-order valence-corrected chi connectivity index (χ0v) is 9.67. The van der Waals surface area contributed by atoms with E-state index in [1.807, 2.05) is 0 Å². The molecular weight excluding hydrogens is 238 g/mol. The van der Waals surface area contributed by atoms with Crippen LogP contribution >= 0.6 is 10.7 Å². The van der Waals surface area contributed by atoms with Crippen LogP contribution < -0.4 is 0 Å². The molecule has 7 heteroatoms. The van der Waals surface area contributed by atoms with Gasteiger partial charge in [-0.05, 0) is 19.9 Å². The van der Waals surface area contributed by atoms with Crippen molar-refractivity contribution in [3.8, 4) is 0 Å². The van der Waals surface area contributed by atoms with Crippen molar-refractivity contribution in [2.45, 2.75) is 18.9 Å². The van der Waals surface area contributed by atoms with Gasteiger partial charge in [-0.2, -0.15) is 0 Å². The zero-order chi connectivity index (χ0) is 11.2. The second kappa shape index (κ2) is 3.18. The van der Waals surface area contributed by atoms with Gasteiger partial charge in [-0.1, -0.05) is 0 Å². The van der Waals surface area contributed by atoms with Crippen molar-refractivity contribution < 1.29 is 8.42 Å². The summed E-state index contributed by atoms with van der Waals surface area (Å²) in [5, 5.41) is -0.111. The number of aryl methyl sites for hydroxylation is 2. The molecule has 0 aliphatic heterocycles. The van der Waals surface area contributed by atoms with Crippen molar-refractivity contribution in [1.29, 1.82) is 0 Å². The van der Waals surface area contributed by atoms with E-state index in [-0.39, 0.29) is 5.03 Å². The Balaban J connectivity index is 2.94. The highest BCUT2D eigenvalue weighted by Crippen LogP contribution is 2.20. The number of hydrogen-bond donors (Lipinski definition) is 0. The van der Waals surface area contributed by atoms with Gasteiger partial charge in [0.1, 0.15) is 11.5 Å². The number of aromatic nitrogens is 3. The largest absolute Gasteiger partial charge is 0.284 e. The predicted molar refractivity (Wildman–Crippen MR) is 55.5 cm³/mol. The molecule has 0 atom stereocenters. The minimum Gasteiger partial charge on any atom is -0.284 e. The molecule has 0 saturated heterocycles. The van der Waals surface area contributed by atoms with Gasteiger partial charge in [0, 0.05) is 16.9 Å². The first-order valence-electron chi connectivity index (χ1n) is 4.16. The van der Waals surface area contributed by atoms with Crippen LogP contribution in [0.1, 0.15) is 11.5 Å². The minimum atomic E-state index is -3.80. The van der Waals surface area contributed by atoms with Gasteiger partial charge in [-0.25, -0.2) is 18.4 Å². The third-order valence-electron chi connectivity index (χ3n) is 2.13. The molecule has 0 unspecified atom stereocenters. The third kappa shape index (κ3) is 1.59. The lowest BCUT2D eigenvalue weighted by Gasteiger charge is -1.99. The molecule has 0 amide bonds. The highest BCUT2D eigenvalue weighted by molar-refractivity contribution is 8.13. The van der Waals surface area contributed by atoms with Crippen molar-refractivity contribution in [3.63, 3.8) is 0 Å². The van der Waals surface area contributed by atoms with E-state index in [1.54, 1.807) is 30.5 Å². The van der Waals surface area contributed by atoms with E-state index in [4.69, 9.17) is 10.7 Å². The van der Waals surface area contributed by atoms with Crippen LogP contribution in [0.25, 0.3) is 5.65 Å². The molecule has 2 heterocycles. The van der Waals surface area contributed by atoms with Crippen LogP contribution in [-0.4, -0.2) is 22.8 Å². The topological polar surface area (TPSA) is 64.3 Å². The van der Waals surface area contributed by atoms with Crippen LogP contribution in [0.15, 0.2) is 17.3 Å². The van der Waals surface area contributed by atoms with Crippen LogP contribution in [0.5, 0.6) is 0 Å². The molecular formula is C8H8ClN3O2S. The van der Waals surface area contributed by atoms with Crippen LogP contribution in [0, 0.1) is 13.8 Å². The minimum absolute atomic E-state index is 0.111. The summed E-state index contributed by atoms with van der Waals surface area (Å²) in [6.07, 6.45) is 1.57. The zero-order valence-electron chi connectivity index (χ0n) is 8.10. The number of nitrogens with zero attached hydrogens (tertiary/aromatic N) is 3. The monoisotopic (exact) mass is 245 g/mol. The fraction of sp³-hybridized carbons (Fsp3) is 0.250. The highest BCUT2D eigenvalue weighted by atomic mass is 35.7. The van der Waals surface area contributed by atoms with Gasteiger partial charge in [0.25, 0.3) is 9.05 Å². The van der Waals surface area contributed by atoms with Crippen molar-refractivity contribution in [1.82, 2.24) is 14.4 Å². The smallest absolute Gasteiger partial charge is 0.280 e. The molecule has 0 aliphatic rings. The molecule has 2 aromatic heterocycles. The maximum absolute atomic E-state index is 11.2. The van der Waals surface area contributed by atoms with Crippen LogP contribution in [0.3, 0.4) is 0 Å². The van der Waals surface area contributed by atoms with Crippen LogP contribution in [-0.2, 0) is 9.05 Å². The summed E-state index contributed by atoms with van der Waals surface area (Å²) >= 11 is 0.